The van der Waals surface area contributed by atoms with Gasteiger partial charge in [-0.25, -0.2) is 0 Å². The largest absolute Gasteiger partial charge is 0.493 e. The van der Waals surface area contributed by atoms with Gasteiger partial charge in [0.15, 0.2) is 12.1 Å². The predicted octanol–water partition coefficient (Wildman–Crippen LogP) is 1.97. The van der Waals surface area contributed by atoms with Gasteiger partial charge in [0, 0.05) is 5.56 Å². The molecule has 82 valence electrons. The average Bonchev–Trinajstić information content (AvgIpc) is 2.28. The molecule has 0 atom stereocenters. The number of ketones is 1. The van der Waals surface area contributed by atoms with E-state index in [1.165, 1.54) is 19.1 Å². The Morgan fingerprint density at radius 2 is 2.25 bits per heavy atom. The van der Waals surface area contributed by atoms with Gasteiger partial charge in [0.05, 0.1) is 23.8 Å². The monoisotopic (exact) mass is 217 g/mol. The Labute approximate surface area is 93.5 Å². The van der Waals surface area contributed by atoms with Crippen molar-refractivity contribution in [2.45, 2.75) is 13.8 Å². The van der Waals surface area contributed by atoms with E-state index in [1.807, 2.05) is 6.07 Å². The second kappa shape index (κ2) is 5.08. The van der Waals surface area contributed by atoms with Gasteiger partial charge in [-0.1, -0.05) is 0 Å². The third kappa shape index (κ3) is 2.26. The van der Waals surface area contributed by atoms with Crippen LogP contribution in [0.3, 0.4) is 0 Å². The van der Waals surface area contributed by atoms with Gasteiger partial charge in [-0.2, -0.15) is 5.26 Å². The number of rotatable bonds is 4. The zero-order valence-electron chi connectivity index (χ0n) is 9.11. The van der Waals surface area contributed by atoms with Crippen molar-refractivity contribution >= 4 is 12.1 Å². The highest BCUT2D eigenvalue weighted by Crippen LogP contribution is 2.23. The van der Waals surface area contributed by atoms with Gasteiger partial charge in [0.1, 0.15) is 5.75 Å². The van der Waals surface area contributed by atoms with Gasteiger partial charge in [-0.3, -0.25) is 9.59 Å². The SMILES string of the molecule is CCOc1cc(C=O)c(C#N)cc1C(C)=O. The molecule has 0 aliphatic heterocycles. The van der Waals surface area contributed by atoms with E-state index >= 15 is 0 Å². The summed E-state index contributed by atoms with van der Waals surface area (Å²) in [5.41, 5.74) is 0.739. The van der Waals surface area contributed by atoms with E-state index in [0.29, 0.717) is 24.2 Å². The summed E-state index contributed by atoms with van der Waals surface area (Å²) in [4.78, 5) is 22.1. The number of benzene rings is 1. The van der Waals surface area contributed by atoms with Crippen molar-refractivity contribution in [1.29, 1.82) is 5.26 Å². The number of aldehydes is 1. The van der Waals surface area contributed by atoms with Crippen LogP contribution in [0.2, 0.25) is 0 Å². The summed E-state index contributed by atoms with van der Waals surface area (Å²) in [6.07, 6.45) is 0.574. The summed E-state index contributed by atoms with van der Waals surface area (Å²) >= 11 is 0. The lowest BCUT2D eigenvalue weighted by Crippen LogP contribution is -2.03. The lowest BCUT2D eigenvalue weighted by molar-refractivity contribution is 0.101. The highest BCUT2D eigenvalue weighted by atomic mass is 16.5. The molecule has 0 N–H and O–H groups in total. The van der Waals surface area contributed by atoms with Crippen molar-refractivity contribution in [3.8, 4) is 11.8 Å². The molecule has 0 aromatic heterocycles. The summed E-state index contributed by atoms with van der Waals surface area (Å²) in [6, 6.07) is 4.68. The summed E-state index contributed by atoms with van der Waals surface area (Å²) < 4.78 is 5.25. The minimum Gasteiger partial charge on any atom is -0.493 e. The van der Waals surface area contributed by atoms with E-state index in [-0.39, 0.29) is 16.9 Å². The van der Waals surface area contributed by atoms with Crippen molar-refractivity contribution in [3.05, 3.63) is 28.8 Å². The Hall–Kier alpha value is -2.15. The Morgan fingerprint density at radius 3 is 2.69 bits per heavy atom. The zero-order valence-corrected chi connectivity index (χ0v) is 9.11. The van der Waals surface area contributed by atoms with E-state index < -0.39 is 0 Å². The maximum atomic E-state index is 11.3. The van der Waals surface area contributed by atoms with Gasteiger partial charge in [-0.15, -0.1) is 0 Å². The Morgan fingerprint density at radius 1 is 1.56 bits per heavy atom. The Kier molecular flexibility index (Phi) is 3.78. The lowest BCUT2D eigenvalue weighted by atomic mass is 10.0. The van der Waals surface area contributed by atoms with Crippen molar-refractivity contribution in [2.24, 2.45) is 0 Å². The molecule has 4 heteroatoms. The van der Waals surface area contributed by atoms with Crippen LogP contribution in [-0.4, -0.2) is 18.7 Å². The number of ether oxygens (including phenoxy) is 1. The normalized spacial score (nSPS) is 9.31. The van der Waals surface area contributed by atoms with Crippen molar-refractivity contribution in [2.75, 3.05) is 6.61 Å². The molecule has 1 aromatic rings. The van der Waals surface area contributed by atoms with E-state index in [2.05, 4.69) is 0 Å². The van der Waals surface area contributed by atoms with Gasteiger partial charge >= 0.3 is 0 Å². The van der Waals surface area contributed by atoms with E-state index in [0.717, 1.165) is 0 Å². The third-order valence-corrected chi connectivity index (χ3v) is 2.08. The van der Waals surface area contributed by atoms with E-state index in [1.54, 1.807) is 6.92 Å². The maximum Gasteiger partial charge on any atom is 0.163 e. The first kappa shape index (κ1) is 11.9. The average molecular weight is 217 g/mol. The summed E-state index contributed by atoms with van der Waals surface area (Å²) in [6.45, 7) is 3.56. The summed E-state index contributed by atoms with van der Waals surface area (Å²) in [5, 5.41) is 8.82. The number of nitrogens with zero attached hydrogens (tertiary/aromatic N) is 1. The highest BCUT2D eigenvalue weighted by Gasteiger charge is 2.13. The van der Waals surface area contributed by atoms with Crippen molar-refractivity contribution in [1.82, 2.24) is 0 Å². The van der Waals surface area contributed by atoms with Crippen molar-refractivity contribution in [3.63, 3.8) is 0 Å². The highest BCUT2D eigenvalue weighted by molar-refractivity contribution is 5.98. The molecular weight excluding hydrogens is 206 g/mol. The number of hydrogen-bond donors (Lipinski definition) is 0. The molecule has 0 aliphatic rings. The first-order chi connectivity index (χ1) is 7.63. The summed E-state index contributed by atoms with van der Waals surface area (Å²) in [5.74, 6) is 0.147. The van der Waals surface area contributed by atoms with Gasteiger partial charge < -0.3 is 4.74 Å². The fourth-order valence-corrected chi connectivity index (χ4v) is 1.34. The number of carbonyl (C=O) groups excluding carboxylic acids is 2. The lowest BCUT2D eigenvalue weighted by Gasteiger charge is -2.09. The van der Waals surface area contributed by atoms with Crippen LogP contribution >= 0.6 is 0 Å². The van der Waals surface area contributed by atoms with Crippen LogP contribution in [0.5, 0.6) is 5.75 Å². The Bertz CT molecular complexity index is 472. The van der Waals surface area contributed by atoms with Gasteiger partial charge in [0.25, 0.3) is 0 Å². The first-order valence-corrected chi connectivity index (χ1v) is 4.81. The van der Waals surface area contributed by atoms with Crippen LogP contribution in [0.25, 0.3) is 0 Å². The minimum absolute atomic E-state index is 0.184. The number of carbonyl (C=O) groups is 2. The van der Waals surface area contributed by atoms with Crippen LogP contribution in [0, 0.1) is 11.3 Å². The third-order valence-electron chi connectivity index (χ3n) is 2.08. The first-order valence-electron chi connectivity index (χ1n) is 4.81. The smallest absolute Gasteiger partial charge is 0.163 e. The molecule has 0 heterocycles. The molecule has 16 heavy (non-hydrogen) atoms. The molecule has 0 saturated heterocycles. The van der Waals surface area contributed by atoms with Crippen LogP contribution in [0.15, 0.2) is 12.1 Å². The molecule has 0 unspecified atom stereocenters. The molecule has 0 radical (unpaired) electrons. The number of Topliss-reactive ketones (excluding diaryl/α,β-unsaturated/α-hetero) is 1. The molecule has 0 spiro atoms. The summed E-state index contributed by atoms with van der Waals surface area (Å²) in [7, 11) is 0. The van der Waals surface area contributed by atoms with Crippen LogP contribution in [0.4, 0.5) is 0 Å². The molecule has 1 aromatic carbocycles. The minimum atomic E-state index is -0.197. The molecular formula is C12H11NO3. The molecule has 0 aliphatic carbocycles. The number of nitriles is 1. The molecule has 4 nitrogen and oxygen atoms in total. The zero-order chi connectivity index (χ0) is 12.1. The van der Waals surface area contributed by atoms with Crippen molar-refractivity contribution < 1.29 is 14.3 Å². The van der Waals surface area contributed by atoms with Crippen LogP contribution in [-0.2, 0) is 0 Å². The topological polar surface area (TPSA) is 67.2 Å². The van der Waals surface area contributed by atoms with Crippen LogP contribution in [0.1, 0.15) is 40.1 Å². The fourth-order valence-electron chi connectivity index (χ4n) is 1.34. The van der Waals surface area contributed by atoms with Gasteiger partial charge in [-0.05, 0) is 26.0 Å². The molecule has 0 fully saturated rings. The predicted molar refractivity (Wildman–Crippen MR) is 57.7 cm³/mol. The molecule has 1 rings (SSSR count). The molecule has 0 amide bonds. The number of hydrogen-bond acceptors (Lipinski definition) is 4. The Balaban J connectivity index is 3.42. The van der Waals surface area contributed by atoms with Crippen LogP contribution < -0.4 is 4.74 Å². The van der Waals surface area contributed by atoms with Gasteiger partial charge in [0.2, 0.25) is 0 Å². The fraction of sp³-hybridized carbons (Fsp3) is 0.250. The molecule has 0 saturated carbocycles. The quantitative estimate of drug-likeness (QED) is 0.571. The second-order valence-electron chi connectivity index (χ2n) is 3.15. The molecule has 0 bridgehead atoms. The maximum absolute atomic E-state index is 11.3. The van der Waals surface area contributed by atoms with E-state index in [9.17, 15) is 9.59 Å². The second-order valence-corrected chi connectivity index (χ2v) is 3.15. The standard InChI is InChI=1S/C12H11NO3/c1-3-16-12-5-10(7-14)9(6-13)4-11(12)8(2)15/h4-5,7H,3H2,1-2H3. The van der Waals surface area contributed by atoms with E-state index in [4.69, 9.17) is 10.00 Å².